The van der Waals surface area contributed by atoms with Gasteiger partial charge in [0.25, 0.3) is 0 Å². The zero-order chi connectivity index (χ0) is 11.7. The Morgan fingerprint density at radius 1 is 1.41 bits per heavy atom. The second kappa shape index (κ2) is 4.33. The van der Waals surface area contributed by atoms with Crippen LogP contribution in [0.2, 0.25) is 0 Å². The molecule has 2 aromatic heterocycles. The van der Waals surface area contributed by atoms with Crippen molar-refractivity contribution in [3.8, 4) is 11.3 Å². The number of hydrogen-bond donors (Lipinski definition) is 1. The number of aryl methyl sites for hydroxylation is 1. The van der Waals surface area contributed by atoms with Crippen molar-refractivity contribution in [2.24, 2.45) is 0 Å². The molecule has 90 valence electrons. The Labute approximate surface area is 99.2 Å². The van der Waals surface area contributed by atoms with Crippen molar-refractivity contribution in [2.75, 3.05) is 13.1 Å². The highest BCUT2D eigenvalue weighted by Gasteiger charge is 2.24. The minimum atomic E-state index is 0.381. The van der Waals surface area contributed by atoms with Crippen LogP contribution in [0.1, 0.15) is 30.2 Å². The molecule has 1 saturated heterocycles. The number of hydrogen-bond acceptors (Lipinski definition) is 5. The first-order chi connectivity index (χ1) is 8.34. The lowest BCUT2D eigenvalue weighted by atomic mass is 9.94. The normalized spacial score (nSPS) is 20.6. The average molecular weight is 233 g/mol. The molecule has 0 saturated carbocycles. The van der Waals surface area contributed by atoms with Gasteiger partial charge in [-0.15, -0.1) is 0 Å². The molecule has 0 radical (unpaired) electrons. The van der Waals surface area contributed by atoms with Crippen LogP contribution in [0.15, 0.2) is 21.3 Å². The molecule has 1 fully saturated rings. The third-order valence-corrected chi connectivity index (χ3v) is 3.16. The van der Waals surface area contributed by atoms with E-state index in [4.69, 9.17) is 9.05 Å². The quantitative estimate of drug-likeness (QED) is 0.860. The molecular weight excluding hydrogens is 218 g/mol. The third kappa shape index (κ3) is 1.98. The smallest absolute Gasteiger partial charge is 0.172 e. The molecule has 5 heteroatoms. The molecular formula is C12H15N3O2. The van der Waals surface area contributed by atoms with E-state index in [0.717, 1.165) is 42.3 Å². The van der Waals surface area contributed by atoms with Gasteiger partial charge >= 0.3 is 0 Å². The summed E-state index contributed by atoms with van der Waals surface area (Å²) in [4.78, 5) is 0. The largest absolute Gasteiger partial charge is 0.360 e. The van der Waals surface area contributed by atoms with E-state index in [0.29, 0.717) is 5.92 Å². The zero-order valence-corrected chi connectivity index (χ0v) is 9.77. The molecule has 0 amide bonds. The molecule has 3 rings (SSSR count). The van der Waals surface area contributed by atoms with E-state index >= 15 is 0 Å². The van der Waals surface area contributed by atoms with Crippen molar-refractivity contribution in [3.63, 3.8) is 0 Å². The molecule has 0 aromatic carbocycles. The van der Waals surface area contributed by atoms with Crippen molar-refractivity contribution in [1.82, 2.24) is 15.6 Å². The number of aromatic nitrogens is 2. The fourth-order valence-corrected chi connectivity index (χ4v) is 2.29. The van der Waals surface area contributed by atoms with Crippen LogP contribution >= 0.6 is 0 Å². The molecule has 1 aliphatic heterocycles. The van der Waals surface area contributed by atoms with Gasteiger partial charge in [-0.1, -0.05) is 10.3 Å². The van der Waals surface area contributed by atoms with E-state index < -0.39 is 0 Å². The molecule has 3 heterocycles. The fraction of sp³-hybridized carbons (Fsp3) is 0.500. The van der Waals surface area contributed by atoms with Crippen molar-refractivity contribution in [3.05, 3.63) is 23.7 Å². The molecule has 1 N–H and O–H groups in total. The van der Waals surface area contributed by atoms with E-state index in [1.165, 1.54) is 6.42 Å². The van der Waals surface area contributed by atoms with E-state index in [1.54, 1.807) is 6.20 Å². The summed E-state index contributed by atoms with van der Waals surface area (Å²) in [6, 6.07) is 1.91. The lowest BCUT2D eigenvalue weighted by Crippen LogP contribution is -2.28. The van der Waals surface area contributed by atoms with E-state index in [9.17, 15) is 0 Å². The number of nitrogens with zero attached hydrogens (tertiary/aromatic N) is 2. The number of piperidine rings is 1. The molecule has 0 unspecified atom stereocenters. The van der Waals surface area contributed by atoms with E-state index in [1.807, 2.05) is 13.0 Å². The van der Waals surface area contributed by atoms with Crippen molar-refractivity contribution in [2.45, 2.75) is 25.7 Å². The van der Waals surface area contributed by atoms with Crippen LogP contribution in [0.4, 0.5) is 0 Å². The van der Waals surface area contributed by atoms with Crippen LogP contribution in [0.5, 0.6) is 0 Å². The van der Waals surface area contributed by atoms with Crippen LogP contribution in [-0.4, -0.2) is 23.4 Å². The molecule has 2 aromatic rings. The SMILES string of the molecule is Cc1cc(-c2cnoc2[C@H]2CCCNC2)on1. The van der Waals surface area contributed by atoms with Gasteiger partial charge in [-0.25, -0.2) is 0 Å². The van der Waals surface area contributed by atoms with Gasteiger partial charge in [0.15, 0.2) is 11.5 Å². The van der Waals surface area contributed by atoms with Gasteiger partial charge in [0, 0.05) is 18.5 Å². The topological polar surface area (TPSA) is 64.1 Å². The van der Waals surface area contributed by atoms with Gasteiger partial charge in [0.2, 0.25) is 0 Å². The lowest BCUT2D eigenvalue weighted by molar-refractivity contribution is 0.329. The maximum Gasteiger partial charge on any atom is 0.172 e. The zero-order valence-electron chi connectivity index (χ0n) is 9.77. The molecule has 5 nitrogen and oxygen atoms in total. The summed E-state index contributed by atoms with van der Waals surface area (Å²) >= 11 is 0. The Balaban J connectivity index is 1.93. The van der Waals surface area contributed by atoms with Gasteiger partial charge in [-0.05, 0) is 26.3 Å². The number of nitrogens with one attached hydrogen (secondary N) is 1. The van der Waals surface area contributed by atoms with Crippen LogP contribution in [0.3, 0.4) is 0 Å². The van der Waals surface area contributed by atoms with Crippen LogP contribution in [-0.2, 0) is 0 Å². The van der Waals surface area contributed by atoms with Gasteiger partial charge in [0.1, 0.15) is 0 Å². The van der Waals surface area contributed by atoms with Gasteiger partial charge in [-0.3, -0.25) is 0 Å². The van der Waals surface area contributed by atoms with Crippen molar-refractivity contribution >= 4 is 0 Å². The van der Waals surface area contributed by atoms with Crippen molar-refractivity contribution < 1.29 is 9.05 Å². The molecule has 0 bridgehead atoms. The fourth-order valence-electron chi connectivity index (χ4n) is 2.29. The standard InChI is InChI=1S/C12H15N3O2/c1-8-5-11(16-15-8)10-7-14-17-12(10)9-3-2-4-13-6-9/h5,7,9,13H,2-4,6H2,1H3/t9-/m0/s1. The minimum absolute atomic E-state index is 0.381. The Morgan fingerprint density at radius 3 is 3.06 bits per heavy atom. The Morgan fingerprint density at radius 2 is 2.35 bits per heavy atom. The van der Waals surface area contributed by atoms with Gasteiger partial charge in [0.05, 0.1) is 17.5 Å². The molecule has 1 aliphatic rings. The second-order valence-corrected chi connectivity index (χ2v) is 4.48. The molecule has 0 spiro atoms. The third-order valence-electron chi connectivity index (χ3n) is 3.16. The maximum absolute atomic E-state index is 5.39. The summed E-state index contributed by atoms with van der Waals surface area (Å²) in [7, 11) is 0. The Kier molecular flexibility index (Phi) is 2.68. The summed E-state index contributed by atoms with van der Waals surface area (Å²) in [6.45, 7) is 3.93. The Hall–Kier alpha value is -1.62. The minimum Gasteiger partial charge on any atom is -0.360 e. The Bertz CT molecular complexity index is 497. The van der Waals surface area contributed by atoms with Gasteiger partial charge in [-0.2, -0.15) is 0 Å². The second-order valence-electron chi connectivity index (χ2n) is 4.48. The molecule has 17 heavy (non-hydrogen) atoms. The maximum atomic E-state index is 5.39. The number of rotatable bonds is 2. The summed E-state index contributed by atoms with van der Waals surface area (Å²) in [6.07, 6.45) is 4.01. The average Bonchev–Trinajstić information content (AvgIpc) is 2.98. The first-order valence-corrected chi connectivity index (χ1v) is 5.93. The van der Waals surface area contributed by atoms with Gasteiger partial charge < -0.3 is 14.4 Å². The monoisotopic (exact) mass is 233 g/mol. The van der Waals surface area contributed by atoms with E-state index in [-0.39, 0.29) is 0 Å². The van der Waals surface area contributed by atoms with E-state index in [2.05, 4.69) is 15.6 Å². The highest BCUT2D eigenvalue weighted by Crippen LogP contribution is 2.32. The lowest BCUT2D eigenvalue weighted by Gasteiger charge is -2.20. The highest BCUT2D eigenvalue weighted by molar-refractivity contribution is 5.59. The first kappa shape index (κ1) is 10.5. The molecule has 0 aliphatic carbocycles. The highest BCUT2D eigenvalue weighted by atomic mass is 16.5. The molecule has 1 atom stereocenters. The van der Waals surface area contributed by atoms with Crippen LogP contribution in [0.25, 0.3) is 11.3 Å². The van der Waals surface area contributed by atoms with Crippen LogP contribution < -0.4 is 5.32 Å². The summed E-state index contributed by atoms with van der Waals surface area (Å²) in [5.41, 5.74) is 1.80. The predicted molar refractivity (Wildman–Crippen MR) is 61.6 cm³/mol. The summed E-state index contributed by atoms with van der Waals surface area (Å²) in [5.74, 6) is 2.03. The van der Waals surface area contributed by atoms with Crippen molar-refractivity contribution in [1.29, 1.82) is 0 Å². The van der Waals surface area contributed by atoms with Crippen LogP contribution in [0, 0.1) is 6.92 Å². The summed E-state index contributed by atoms with van der Waals surface area (Å²) < 4.78 is 10.7. The first-order valence-electron chi connectivity index (χ1n) is 5.93. The predicted octanol–water partition coefficient (Wildman–Crippen LogP) is 2.11. The summed E-state index contributed by atoms with van der Waals surface area (Å²) in [5, 5.41) is 11.2.